The van der Waals surface area contributed by atoms with Gasteiger partial charge in [0, 0.05) is 19.2 Å². The van der Waals surface area contributed by atoms with Gasteiger partial charge in [0.1, 0.15) is 0 Å². The van der Waals surface area contributed by atoms with Gasteiger partial charge < -0.3 is 10.4 Å². The average molecular weight is 255 g/mol. The second kappa shape index (κ2) is 8.16. The van der Waals surface area contributed by atoms with Crippen LogP contribution in [0.15, 0.2) is 0 Å². The lowest BCUT2D eigenvalue weighted by atomic mass is 9.89. The van der Waals surface area contributed by atoms with Crippen molar-refractivity contribution in [1.82, 2.24) is 5.32 Å². The zero-order valence-electron chi connectivity index (χ0n) is 12.7. The summed E-state index contributed by atoms with van der Waals surface area (Å²) in [5, 5.41) is 12.8. The van der Waals surface area contributed by atoms with Crippen molar-refractivity contribution < 1.29 is 5.11 Å². The molecule has 0 radical (unpaired) electrons. The largest absolute Gasteiger partial charge is 0.396 e. The van der Waals surface area contributed by atoms with Gasteiger partial charge in [0.15, 0.2) is 0 Å². The van der Waals surface area contributed by atoms with Gasteiger partial charge in [0.05, 0.1) is 0 Å². The van der Waals surface area contributed by atoms with E-state index in [4.69, 9.17) is 5.11 Å². The molecule has 108 valence electrons. The van der Waals surface area contributed by atoms with Gasteiger partial charge in [-0.25, -0.2) is 0 Å². The molecule has 0 bridgehead atoms. The molecule has 1 saturated carbocycles. The highest BCUT2D eigenvalue weighted by Gasteiger charge is 2.21. The molecule has 18 heavy (non-hydrogen) atoms. The number of rotatable bonds is 7. The van der Waals surface area contributed by atoms with E-state index in [2.05, 4.69) is 26.1 Å². The quantitative estimate of drug-likeness (QED) is 0.679. The Morgan fingerprint density at radius 1 is 1.17 bits per heavy atom. The van der Waals surface area contributed by atoms with Crippen LogP contribution < -0.4 is 5.32 Å². The number of aliphatic hydroxyl groups excluding tert-OH is 1. The molecule has 2 N–H and O–H groups in total. The predicted octanol–water partition coefficient (Wildman–Crippen LogP) is 3.73. The molecule has 1 aliphatic rings. The fourth-order valence-corrected chi connectivity index (χ4v) is 3.09. The Kier molecular flexibility index (Phi) is 7.25. The van der Waals surface area contributed by atoms with Gasteiger partial charge in [-0.2, -0.15) is 0 Å². The number of hydrogen-bond acceptors (Lipinski definition) is 2. The van der Waals surface area contributed by atoms with Crippen molar-refractivity contribution >= 4 is 0 Å². The highest BCUT2D eigenvalue weighted by atomic mass is 16.3. The van der Waals surface area contributed by atoms with Crippen LogP contribution in [0.4, 0.5) is 0 Å². The first kappa shape index (κ1) is 16.0. The fraction of sp³-hybridized carbons (Fsp3) is 1.00. The number of nitrogens with one attached hydrogen (secondary N) is 1. The topological polar surface area (TPSA) is 32.3 Å². The first-order valence-electron chi connectivity index (χ1n) is 7.91. The van der Waals surface area contributed by atoms with Crippen molar-refractivity contribution in [1.29, 1.82) is 0 Å². The Labute approximate surface area is 114 Å². The van der Waals surface area contributed by atoms with Crippen molar-refractivity contribution in [3.8, 4) is 0 Å². The Morgan fingerprint density at radius 3 is 2.61 bits per heavy atom. The maximum atomic E-state index is 9.05. The number of aliphatic hydroxyl groups is 1. The highest BCUT2D eigenvalue weighted by molar-refractivity contribution is 4.78. The van der Waals surface area contributed by atoms with E-state index in [1.165, 1.54) is 44.9 Å². The summed E-state index contributed by atoms with van der Waals surface area (Å²) in [7, 11) is 0. The third-order valence-corrected chi connectivity index (χ3v) is 4.44. The molecule has 2 nitrogen and oxygen atoms in total. The molecule has 2 atom stereocenters. The molecule has 0 amide bonds. The molecule has 0 aromatic carbocycles. The lowest BCUT2D eigenvalue weighted by Gasteiger charge is -2.27. The van der Waals surface area contributed by atoms with E-state index in [1.54, 1.807) is 0 Å². The van der Waals surface area contributed by atoms with Gasteiger partial charge in [0.25, 0.3) is 0 Å². The van der Waals surface area contributed by atoms with Gasteiger partial charge in [-0.05, 0) is 37.0 Å². The highest BCUT2D eigenvalue weighted by Crippen LogP contribution is 2.27. The standard InChI is InChI=1S/C16H33NO/c1-4-6-14-7-5-8-15(10-9-14)17-13-16(2,3)11-12-18/h14-15,17-18H,4-13H2,1-3H3. The molecule has 2 heteroatoms. The van der Waals surface area contributed by atoms with Crippen LogP contribution in [0.1, 0.15) is 72.1 Å². The third-order valence-electron chi connectivity index (χ3n) is 4.44. The molecule has 1 rings (SSSR count). The summed E-state index contributed by atoms with van der Waals surface area (Å²) in [6, 6.07) is 0.713. The molecule has 0 aromatic rings. The van der Waals surface area contributed by atoms with Gasteiger partial charge in [-0.15, -0.1) is 0 Å². The summed E-state index contributed by atoms with van der Waals surface area (Å²) < 4.78 is 0. The van der Waals surface area contributed by atoms with Crippen molar-refractivity contribution in [2.45, 2.75) is 78.2 Å². The van der Waals surface area contributed by atoms with Crippen molar-refractivity contribution in [2.75, 3.05) is 13.2 Å². The molecular weight excluding hydrogens is 222 g/mol. The minimum Gasteiger partial charge on any atom is -0.396 e. The summed E-state index contributed by atoms with van der Waals surface area (Å²) in [4.78, 5) is 0. The Balaban J connectivity index is 2.27. The summed E-state index contributed by atoms with van der Waals surface area (Å²) in [6.45, 7) is 8.13. The first-order chi connectivity index (χ1) is 8.57. The third kappa shape index (κ3) is 6.19. The minimum atomic E-state index is 0.226. The normalized spacial score (nSPS) is 26.0. The van der Waals surface area contributed by atoms with Crippen LogP contribution in [-0.2, 0) is 0 Å². The second-order valence-electron chi connectivity index (χ2n) is 6.88. The zero-order valence-corrected chi connectivity index (χ0v) is 12.7. The van der Waals surface area contributed by atoms with Gasteiger partial charge >= 0.3 is 0 Å². The van der Waals surface area contributed by atoms with E-state index < -0.39 is 0 Å². The van der Waals surface area contributed by atoms with Crippen molar-refractivity contribution in [3.05, 3.63) is 0 Å². The van der Waals surface area contributed by atoms with Gasteiger partial charge in [0.2, 0.25) is 0 Å². The lowest BCUT2D eigenvalue weighted by molar-refractivity contribution is 0.201. The smallest absolute Gasteiger partial charge is 0.0436 e. The maximum Gasteiger partial charge on any atom is 0.0436 e. The lowest BCUT2D eigenvalue weighted by Crippen LogP contribution is -2.37. The van der Waals surface area contributed by atoms with Crippen LogP contribution in [-0.4, -0.2) is 24.3 Å². The van der Waals surface area contributed by atoms with E-state index in [-0.39, 0.29) is 5.41 Å². The number of hydrogen-bond donors (Lipinski definition) is 2. The summed E-state index contributed by atoms with van der Waals surface area (Å²) in [5.41, 5.74) is 0.226. The molecule has 0 saturated heterocycles. The molecule has 0 aromatic heterocycles. The summed E-state index contributed by atoms with van der Waals surface area (Å²) >= 11 is 0. The Morgan fingerprint density at radius 2 is 1.94 bits per heavy atom. The van der Waals surface area contributed by atoms with E-state index in [1.807, 2.05) is 0 Å². The van der Waals surface area contributed by atoms with Crippen LogP contribution in [0.5, 0.6) is 0 Å². The van der Waals surface area contributed by atoms with Crippen LogP contribution in [0.25, 0.3) is 0 Å². The van der Waals surface area contributed by atoms with Crippen molar-refractivity contribution in [2.24, 2.45) is 11.3 Å². The van der Waals surface area contributed by atoms with Gasteiger partial charge in [-0.3, -0.25) is 0 Å². The van der Waals surface area contributed by atoms with E-state index in [0.29, 0.717) is 12.6 Å². The molecule has 0 heterocycles. The molecular formula is C16H33NO. The first-order valence-corrected chi connectivity index (χ1v) is 7.91. The molecule has 0 spiro atoms. The molecule has 1 fully saturated rings. The second-order valence-corrected chi connectivity index (χ2v) is 6.88. The average Bonchev–Trinajstić information content (AvgIpc) is 2.53. The monoisotopic (exact) mass is 255 g/mol. The molecule has 2 unspecified atom stereocenters. The van der Waals surface area contributed by atoms with E-state index in [9.17, 15) is 0 Å². The Hall–Kier alpha value is -0.0800. The van der Waals surface area contributed by atoms with Crippen LogP contribution in [0, 0.1) is 11.3 Å². The molecule has 0 aliphatic heterocycles. The fourth-order valence-electron chi connectivity index (χ4n) is 3.09. The van der Waals surface area contributed by atoms with Crippen LogP contribution >= 0.6 is 0 Å². The van der Waals surface area contributed by atoms with E-state index in [0.717, 1.165) is 18.9 Å². The maximum absolute atomic E-state index is 9.05. The zero-order chi connectivity index (χ0) is 13.4. The van der Waals surface area contributed by atoms with E-state index >= 15 is 0 Å². The summed E-state index contributed by atoms with van der Waals surface area (Å²) in [5.74, 6) is 0.979. The van der Waals surface area contributed by atoms with Gasteiger partial charge in [-0.1, -0.05) is 46.5 Å². The SMILES string of the molecule is CCCC1CCCC(NCC(C)(C)CCO)CC1. The summed E-state index contributed by atoms with van der Waals surface area (Å²) in [6.07, 6.45) is 10.6. The predicted molar refractivity (Wildman–Crippen MR) is 78.8 cm³/mol. The minimum absolute atomic E-state index is 0.226. The van der Waals surface area contributed by atoms with Crippen LogP contribution in [0.3, 0.4) is 0 Å². The Bertz CT molecular complexity index is 215. The molecule has 1 aliphatic carbocycles. The van der Waals surface area contributed by atoms with Crippen LogP contribution in [0.2, 0.25) is 0 Å². The van der Waals surface area contributed by atoms with Crippen molar-refractivity contribution in [3.63, 3.8) is 0 Å².